The molecule has 3 heteroatoms. The molecule has 1 aliphatic heterocycles. The van der Waals surface area contributed by atoms with Crippen molar-refractivity contribution >= 4 is 6.08 Å². The number of hydrogen-bond donors (Lipinski definition) is 1. The molecule has 70 valence electrons. The van der Waals surface area contributed by atoms with E-state index in [0.717, 1.165) is 13.1 Å². The lowest BCUT2D eigenvalue weighted by Gasteiger charge is -2.14. The van der Waals surface area contributed by atoms with Crippen LogP contribution in [0.3, 0.4) is 0 Å². The molecule has 1 aromatic rings. The quantitative estimate of drug-likeness (QED) is 0.698. The fourth-order valence-corrected chi connectivity index (χ4v) is 1.64. The predicted octanol–water partition coefficient (Wildman–Crippen LogP) is 1.19. The van der Waals surface area contributed by atoms with Gasteiger partial charge in [-0.3, -0.25) is 4.68 Å². The number of rotatable bonds is 1. The standard InChI is InChI=1S/C10H15N3/c1-13-8-10(7-12-13)6-9-2-4-11-5-3-9/h6-8,11H,2-5H2,1H3. The third-order valence-electron chi connectivity index (χ3n) is 2.34. The van der Waals surface area contributed by atoms with Crippen LogP contribution in [0.4, 0.5) is 0 Å². The van der Waals surface area contributed by atoms with Crippen molar-refractivity contribution in [3.63, 3.8) is 0 Å². The van der Waals surface area contributed by atoms with E-state index in [-0.39, 0.29) is 0 Å². The van der Waals surface area contributed by atoms with E-state index in [4.69, 9.17) is 0 Å². The van der Waals surface area contributed by atoms with E-state index in [1.807, 2.05) is 17.9 Å². The second-order valence-corrected chi connectivity index (χ2v) is 3.50. The molecule has 0 bridgehead atoms. The molecule has 0 aromatic carbocycles. The first-order chi connectivity index (χ1) is 6.34. The van der Waals surface area contributed by atoms with Gasteiger partial charge < -0.3 is 5.32 Å². The Bertz CT molecular complexity index is 304. The Morgan fingerprint density at radius 1 is 1.46 bits per heavy atom. The summed E-state index contributed by atoms with van der Waals surface area (Å²) in [7, 11) is 1.95. The zero-order chi connectivity index (χ0) is 9.10. The van der Waals surface area contributed by atoms with Gasteiger partial charge in [-0.25, -0.2) is 0 Å². The van der Waals surface area contributed by atoms with Crippen LogP contribution in [-0.2, 0) is 7.05 Å². The van der Waals surface area contributed by atoms with Crippen LogP contribution in [0.1, 0.15) is 18.4 Å². The van der Waals surface area contributed by atoms with Gasteiger partial charge in [-0.15, -0.1) is 0 Å². The maximum Gasteiger partial charge on any atom is 0.0562 e. The van der Waals surface area contributed by atoms with E-state index < -0.39 is 0 Å². The zero-order valence-corrected chi connectivity index (χ0v) is 7.95. The van der Waals surface area contributed by atoms with Gasteiger partial charge in [0, 0.05) is 18.8 Å². The molecule has 0 radical (unpaired) electrons. The number of nitrogens with zero attached hydrogens (tertiary/aromatic N) is 2. The van der Waals surface area contributed by atoms with Crippen molar-refractivity contribution in [2.24, 2.45) is 7.05 Å². The van der Waals surface area contributed by atoms with Crippen molar-refractivity contribution in [2.75, 3.05) is 13.1 Å². The second-order valence-electron chi connectivity index (χ2n) is 3.50. The van der Waals surface area contributed by atoms with Crippen LogP contribution in [0.2, 0.25) is 0 Å². The zero-order valence-electron chi connectivity index (χ0n) is 7.95. The lowest BCUT2D eigenvalue weighted by Crippen LogP contribution is -2.22. The fraction of sp³-hybridized carbons (Fsp3) is 0.500. The maximum atomic E-state index is 4.14. The summed E-state index contributed by atoms with van der Waals surface area (Å²) in [5.41, 5.74) is 2.76. The van der Waals surface area contributed by atoms with Crippen LogP contribution in [0.25, 0.3) is 6.08 Å². The highest BCUT2D eigenvalue weighted by atomic mass is 15.2. The largest absolute Gasteiger partial charge is 0.316 e. The van der Waals surface area contributed by atoms with Gasteiger partial charge in [0.05, 0.1) is 6.20 Å². The summed E-state index contributed by atoms with van der Waals surface area (Å²) in [5, 5.41) is 7.48. The average Bonchev–Trinajstić information content (AvgIpc) is 2.53. The van der Waals surface area contributed by atoms with Crippen molar-refractivity contribution in [1.82, 2.24) is 15.1 Å². The van der Waals surface area contributed by atoms with Crippen molar-refractivity contribution in [2.45, 2.75) is 12.8 Å². The van der Waals surface area contributed by atoms with Gasteiger partial charge in [-0.05, 0) is 25.9 Å². The molecule has 0 saturated carbocycles. The van der Waals surface area contributed by atoms with Gasteiger partial charge in [-0.2, -0.15) is 5.10 Å². The van der Waals surface area contributed by atoms with Gasteiger partial charge in [0.2, 0.25) is 0 Å². The van der Waals surface area contributed by atoms with Crippen LogP contribution in [0.15, 0.2) is 18.0 Å². The van der Waals surface area contributed by atoms with Crippen LogP contribution >= 0.6 is 0 Å². The Kier molecular flexibility index (Phi) is 2.45. The Balaban J connectivity index is 2.09. The van der Waals surface area contributed by atoms with Gasteiger partial charge in [-0.1, -0.05) is 11.6 Å². The van der Waals surface area contributed by atoms with Gasteiger partial charge in [0.1, 0.15) is 0 Å². The summed E-state index contributed by atoms with van der Waals surface area (Å²) in [5.74, 6) is 0. The lowest BCUT2D eigenvalue weighted by atomic mass is 10.0. The molecule has 2 heterocycles. The third-order valence-corrected chi connectivity index (χ3v) is 2.34. The topological polar surface area (TPSA) is 29.9 Å². The fourth-order valence-electron chi connectivity index (χ4n) is 1.64. The first-order valence-corrected chi connectivity index (χ1v) is 4.73. The average molecular weight is 177 g/mol. The monoisotopic (exact) mass is 177 g/mol. The van der Waals surface area contributed by atoms with Crippen LogP contribution in [0.5, 0.6) is 0 Å². The molecule has 3 nitrogen and oxygen atoms in total. The van der Waals surface area contributed by atoms with Gasteiger partial charge in [0.15, 0.2) is 0 Å². The molecular formula is C10H15N3. The highest BCUT2D eigenvalue weighted by molar-refractivity contribution is 5.51. The predicted molar refractivity (Wildman–Crippen MR) is 53.3 cm³/mol. The Labute approximate surface area is 78.4 Å². The van der Waals surface area contributed by atoms with E-state index >= 15 is 0 Å². The Hall–Kier alpha value is -1.09. The molecule has 0 aliphatic carbocycles. The van der Waals surface area contributed by atoms with Crippen molar-refractivity contribution in [3.05, 3.63) is 23.5 Å². The number of piperidine rings is 1. The summed E-state index contributed by atoms with van der Waals surface area (Å²) >= 11 is 0. The van der Waals surface area contributed by atoms with Crippen LogP contribution in [-0.4, -0.2) is 22.9 Å². The summed E-state index contributed by atoms with van der Waals surface area (Å²) in [4.78, 5) is 0. The summed E-state index contributed by atoms with van der Waals surface area (Å²) in [6.07, 6.45) is 8.57. The molecular weight excluding hydrogens is 162 g/mol. The van der Waals surface area contributed by atoms with Gasteiger partial charge in [0.25, 0.3) is 0 Å². The first-order valence-electron chi connectivity index (χ1n) is 4.73. The smallest absolute Gasteiger partial charge is 0.0562 e. The molecule has 1 fully saturated rings. The summed E-state index contributed by atoms with van der Waals surface area (Å²) in [6, 6.07) is 0. The van der Waals surface area contributed by atoms with E-state index in [1.165, 1.54) is 24.0 Å². The van der Waals surface area contributed by atoms with Crippen molar-refractivity contribution < 1.29 is 0 Å². The van der Waals surface area contributed by atoms with Crippen LogP contribution in [0, 0.1) is 0 Å². The number of nitrogens with one attached hydrogen (secondary N) is 1. The molecule has 1 aliphatic rings. The van der Waals surface area contributed by atoms with Crippen LogP contribution < -0.4 is 5.32 Å². The molecule has 0 atom stereocenters. The second kappa shape index (κ2) is 3.75. The minimum atomic E-state index is 1.12. The molecule has 1 aromatic heterocycles. The van der Waals surface area contributed by atoms with E-state index in [2.05, 4.69) is 22.7 Å². The molecule has 1 N–H and O–H groups in total. The minimum Gasteiger partial charge on any atom is -0.316 e. The minimum absolute atomic E-state index is 1.12. The Morgan fingerprint density at radius 3 is 2.85 bits per heavy atom. The number of aryl methyl sites for hydroxylation is 1. The first kappa shape index (κ1) is 8.51. The van der Waals surface area contributed by atoms with Gasteiger partial charge >= 0.3 is 0 Å². The number of aromatic nitrogens is 2. The molecule has 0 spiro atoms. The van der Waals surface area contributed by atoms with E-state index in [1.54, 1.807) is 0 Å². The molecule has 2 rings (SSSR count). The molecule has 13 heavy (non-hydrogen) atoms. The summed E-state index contributed by atoms with van der Waals surface area (Å²) < 4.78 is 1.84. The third kappa shape index (κ3) is 2.18. The normalized spacial score (nSPS) is 17.5. The number of hydrogen-bond acceptors (Lipinski definition) is 2. The van der Waals surface area contributed by atoms with E-state index in [9.17, 15) is 0 Å². The lowest BCUT2D eigenvalue weighted by molar-refractivity contribution is 0.613. The molecule has 0 unspecified atom stereocenters. The Morgan fingerprint density at radius 2 is 2.23 bits per heavy atom. The van der Waals surface area contributed by atoms with Crippen molar-refractivity contribution in [3.8, 4) is 0 Å². The summed E-state index contributed by atoms with van der Waals surface area (Å²) in [6.45, 7) is 2.23. The highest BCUT2D eigenvalue weighted by Crippen LogP contribution is 2.14. The van der Waals surface area contributed by atoms with Crippen molar-refractivity contribution in [1.29, 1.82) is 0 Å². The molecule has 1 saturated heterocycles. The highest BCUT2D eigenvalue weighted by Gasteiger charge is 2.04. The SMILES string of the molecule is Cn1cc(C=C2CCNCC2)cn1. The maximum absolute atomic E-state index is 4.14. The van der Waals surface area contributed by atoms with E-state index in [0.29, 0.717) is 0 Å². The molecule has 0 amide bonds.